The van der Waals surface area contributed by atoms with Crippen molar-refractivity contribution in [2.75, 3.05) is 19.8 Å². The molecule has 8 nitrogen and oxygen atoms in total. The first kappa shape index (κ1) is 45.3. The fourth-order valence-corrected chi connectivity index (χ4v) is 5.96. The summed E-state index contributed by atoms with van der Waals surface area (Å²) in [4.78, 5) is 37.3. The van der Waals surface area contributed by atoms with Gasteiger partial charge in [0.25, 0.3) is 0 Å². The van der Waals surface area contributed by atoms with E-state index in [-0.39, 0.29) is 18.8 Å². The van der Waals surface area contributed by atoms with Gasteiger partial charge in [0, 0.05) is 6.42 Å². The molecule has 0 aliphatic rings. The van der Waals surface area contributed by atoms with Crippen LogP contribution in [0.2, 0.25) is 0 Å². The minimum absolute atomic E-state index is 0.0404. The van der Waals surface area contributed by atoms with Gasteiger partial charge in [0.1, 0.15) is 12.1 Å². The summed E-state index contributed by atoms with van der Waals surface area (Å²) in [6, 6.07) is -1.77. The van der Waals surface area contributed by atoms with Crippen molar-refractivity contribution >= 4 is 17.9 Å². The summed E-state index contributed by atoms with van der Waals surface area (Å²) in [5.74, 6) is -1.87. The molecule has 0 aromatic heterocycles. The normalized spacial score (nSPS) is 12.6. The van der Waals surface area contributed by atoms with Gasteiger partial charge in [-0.3, -0.25) is 19.7 Å². The van der Waals surface area contributed by atoms with E-state index in [0.717, 1.165) is 38.5 Å². The molecule has 0 fully saturated rings. The van der Waals surface area contributed by atoms with Crippen LogP contribution in [0.4, 0.5) is 0 Å². The maximum absolute atomic E-state index is 13.0. The van der Waals surface area contributed by atoms with Crippen molar-refractivity contribution in [3.8, 4) is 0 Å². The lowest BCUT2D eigenvalue weighted by molar-refractivity contribution is -0.148. The van der Waals surface area contributed by atoms with Gasteiger partial charge >= 0.3 is 17.9 Å². The number of carboxylic acid groups (broad SMARTS) is 1. The summed E-state index contributed by atoms with van der Waals surface area (Å²) in [6.07, 6.45) is 31.6. The topological polar surface area (TPSA) is 128 Å². The third-order valence-electron chi connectivity index (χ3n) is 9.07. The molecule has 0 rings (SSSR count). The first-order valence-corrected chi connectivity index (χ1v) is 20.0. The van der Waals surface area contributed by atoms with Crippen LogP contribution in [-0.2, 0) is 23.9 Å². The number of carboxylic acids is 1. The Bertz CT molecular complexity index is 720. The smallest absolute Gasteiger partial charge is 0.323 e. The molecule has 47 heavy (non-hydrogen) atoms. The zero-order valence-electron chi connectivity index (χ0n) is 30.8. The third kappa shape index (κ3) is 31.4. The minimum Gasteiger partial charge on any atom is -0.480 e. The van der Waals surface area contributed by atoms with E-state index in [1.165, 1.54) is 116 Å². The van der Waals surface area contributed by atoms with Gasteiger partial charge in [0.2, 0.25) is 0 Å². The molecule has 0 bridgehead atoms. The van der Waals surface area contributed by atoms with Crippen molar-refractivity contribution in [1.82, 2.24) is 5.32 Å². The minimum atomic E-state index is -1.02. The maximum Gasteiger partial charge on any atom is 0.323 e. The molecule has 0 radical (unpaired) electrons. The van der Waals surface area contributed by atoms with Gasteiger partial charge in [-0.25, -0.2) is 0 Å². The van der Waals surface area contributed by atoms with Crippen LogP contribution in [0.1, 0.15) is 200 Å². The van der Waals surface area contributed by atoms with E-state index in [2.05, 4.69) is 19.2 Å². The molecule has 0 amide bonds. The molecule has 8 heteroatoms. The highest BCUT2D eigenvalue weighted by Gasteiger charge is 2.27. The average Bonchev–Trinajstić information content (AvgIpc) is 3.06. The molecule has 4 N–H and O–H groups in total. The highest BCUT2D eigenvalue weighted by Crippen LogP contribution is 2.14. The first-order chi connectivity index (χ1) is 23.0. The Hall–Kier alpha value is -1.67. The molecular weight excluding hydrogens is 592 g/mol. The molecule has 1 unspecified atom stereocenters. The Morgan fingerprint density at radius 1 is 0.532 bits per heavy atom. The van der Waals surface area contributed by atoms with Gasteiger partial charge < -0.3 is 20.3 Å². The van der Waals surface area contributed by atoms with Crippen molar-refractivity contribution in [1.29, 1.82) is 0 Å². The number of carbonyl (C=O) groups excluding carboxylic acids is 2. The number of hydrogen-bond donors (Lipinski definition) is 3. The predicted molar refractivity (Wildman–Crippen MR) is 195 cm³/mol. The van der Waals surface area contributed by atoms with Crippen LogP contribution in [0.15, 0.2) is 0 Å². The zero-order valence-corrected chi connectivity index (χ0v) is 30.8. The Morgan fingerprint density at radius 2 is 0.936 bits per heavy atom. The lowest BCUT2D eigenvalue weighted by atomic mass is 10.1. The van der Waals surface area contributed by atoms with Crippen LogP contribution in [0.3, 0.4) is 0 Å². The summed E-state index contributed by atoms with van der Waals surface area (Å²) < 4.78 is 11.0. The lowest BCUT2D eigenvalue weighted by Gasteiger charge is -2.22. The zero-order chi connectivity index (χ0) is 34.6. The average molecular weight is 669 g/mol. The number of ether oxygens (including phenoxy) is 2. The summed E-state index contributed by atoms with van der Waals surface area (Å²) >= 11 is 0. The van der Waals surface area contributed by atoms with E-state index < -0.39 is 24.0 Å². The molecule has 0 aromatic carbocycles. The summed E-state index contributed by atoms with van der Waals surface area (Å²) in [6.45, 7) is 5.68. The van der Waals surface area contributed by atoms with Gasteiger partial charge in [0.05, 0.1) is 13.2 Å². The number of hydrogen-bond acceptors (Lipinski definition) is 7. The van der Waals surface area contributed by atoms with Crippen molar-refractivity contribution in [2.24, 2.45) is 5.73 Å². The van der Waals surface area contributed by atoms with Crippen LogP contribution in [0, 0.1) is 0 Å². The number of carbonyl (C=O) groups is 3. The van der Waals surface area contributed by atoms with E-state index in [0.29, 0.717) is 39.0 Å². The molecular formula is C39H76N2O6. The van der Waals surface area contributed by atoms with Crippen LogP contribution in [-0.4, -0.2) is 54.9 Å². The highest BCUT2D eigenvalue weighted by atomic mass is 16.5. The molecule has 278 valence electrons. The molecule has 0 aromatic rings. The van der Waals surface area contributed by atoms with E-state index in [4.69, 9.17) is 15.2 Å². The first-order valence-electron chi connectivity index (χ1n) is 20.0. The highest BCUT2D eigenvalue weighted by molar-refractivity contribution is 5.79. The van der Waals surface area contributed by atoms with Gasteiger partial charge in [0.15, 0.2) is 0 Å². The Kier molecular flexibility index (Phi) is 34.4. The fraction of sp³-hybridized carbons (Fsp3) is 0.923. The number of esters is 2. The molecule has 0 aliphatic heterocycles. The SMILES string of the molecule is CCCCCCCCCCCCCCOC(=O)CCC(N[C@@H](CCCCN)C(=O)O)C(=O)OCCCCCCCCCCCCCC. The Morgan fingerprint density at radius 3 is 1.34 bits per heavy atom. The van der Waals surface area contributed by atoms with Gasteiger partial charge in [-0.1, -0.05) is 162 Å². The number of nitrogens with one attached hydrogen (secondary N) is 1. The fourth-order valence-electron chi connectivity index (χ4n) is 5.96. The van der Waals surface area contributed by atoms with E-state index in [1.807, 2.05) is 0 Å². The van der Waals surface area contributed by atoms with E-state index in [9.17, 15) is 19.5 Å². The van der Waals surface area contributed by atoms with Gasteiger partial charge in [-0.15, -0.1) is 0 Å². The molecule has 2 atom stereocenters. The summed E-state index contributed by atoms with van der Waals surface area (Å²) in [7, 11) is 0. The van der Waals surface area contributed by atoms with Gasteiger partial charge in [-0.2, -0.15) is 0 Å². The van der Waals surface area contributed by atoms with Crippen LogP contribution < -0.4 is 11.1 Å². The summed E-state index contributed by atoms with van der Waals surface area (Å²) in [5.41, 5.74) is 5.58. The number of rotatable bonds is 37. The second-order valence-corrected chi connectivity index (χ2v) is 13.6. The van der Waals surface area contributed by atoms with Crippen LogP contribution in [0.5, 0.6) is 0 Å². The summed E-state index contributed by atoms with van der Waals surface area (Å²) in [5, 5.41) is 12.7. The van der Waals surface area contributed by atoms with Crippen LogP contribution >= 0.6 is 0 Å². The largest absolute Gasteiger partial charge is 0.480 e. The maximum atomic E-state index is 13.0. The van der Waals surface area contributed by atoms with Crippen molar-refractivity contribution in [2.45, 2.75) is 212 Å². The molecule has 0 spiro atoms. The second kappa shape index (κ2) is 35.6. The van der Waals surface area contributed by atoms with Gasteiger partial charge in [-0.05, 0) is 38.6 Å². The Labute approximate surface area is 289 Å². The molecule has 0 saturated carbocycles. The van der Waals surface area contributed by atoms with Crippen molar-refractivity contribution < 1.29 is 29.0 Å². The molecule has 0 heterocycles. The molecule has 0 saturated heterocycles. The lowest BCUT2D eigenvalue weighted by Crippen LogP contribution is -2.48. The quantitative estimate of drug-likeness (QED) is 0.0441. The van der Waals surface area contributed by atoms with Crippen LogP contribution in [0.25, 0.3) is 0 Å². The standard InChI is InChI=1S/C39H76N2O6/c1-3-5-7-9-11-13-15-17-19-21-23-27-33-46-37(42)31-30-36(41-35(38(43)44)29-25-26-32-40)39(45)47-34-28-24-22-20-18-16-14-12-10-8-6-4-2/h35-36,41H,3-34,40H2,1-2H3,(H,43,44)/t35-,36?/m0/s1. The third-order valence-corrected chi connectivity index (χ3v) is 9.07. The van der Waals surface area contributed by atoms with Crippen molar-refractivity contribution in [3.05, 3.63) is 0 Å². The second-order valence-electron chi connectivity index (χ2n) is 13.6. The number of unbranched alkanes of at least 4 members (excludes halogenated alkanes) is 23. The number of aliphatic carboxylic acids is 1. The van der Waals surface area contributed by atoms with E-state index in [1.54, 1.807) is 0 Å². The molecule has 0 aliphatic carbocycles. The monoisotopic (exact) mass is 669 g/mol. The van der Waals surface area contributed by atoms with E-state index >= 15 is 0 Å². The Balaban J connectivity index is 4.33. The van der Waals surface area contributed by atoms with Crippen molar-refractivity contribution in [3.63, 3.8) is 0 Å². The predicted octanol–water partition coefficient (Wildman–Crippen LogP) is 9.80. The number of nitrogens with two attached hydrogens (primary N) is 1.